The van der Waals surface area contributed by atoms with Crippen LogP contribution < -0.4 is 0 Å². The summed E-state index contributed by atoms with van der Waals surface area (Å²) in [7, 11) is -3.69. The summed E-state index contributed by atoms with van der Waals surface area (Å²) in [5, 5.41) is 5.72. The third-order valence-corrected chi connectivity index (χ3v) is 9.25. The topological polar surface area (TPSA) is 96.6 Å². The molecule has 1 aliphatic carbocycles. The van der Waals surface area contributed by atoms with E-state index >= 15 is 0 Å². The van der Waals surface area contributed by atoms with E-state index in [2.05, 4.69) is 10.1 Å². The van der Waals surface area contributed by atoms with Gasteiger partial charge in [-0.05, 0) is 43.2 Å². The van der Waals surface area contributed by atoms with Crippen molar-refractivity contribution in [2.75, 3.05) is 26.2 Å². The Bertz CT molecular complexity index is 1230. The monoisotopic (exact) mass is 476 g/mol. The summed E-state index contributed by atoms with van der Waals surface area (Å²) in [6.45, 7) is 0.916. The normalized spacial score (nSPS) is 18.0. The van der Waals surface area contributed by atoms with E-state index < -0.39 is 15.8 Å². The Morgan fingerprint density at radius 3 is 2.50 bits per heavy atom. The maximum atomic E-state index is 13.1. The smallest absolute Gasteiger partial charge is 0.253 e. The predicted octanol–water partition coefficient (Wildman–Crippen LogP) is 3.35. The standard InChI is InChI=1S/C21H21FN4O4S2/c22-17-6-4-15(5-7-17)21(27)25-8-10-26(11-9-25)32(28,29)18-12-16(13-31-18)19-23-20(30-24-19)14-2-1-3-14/h4-7,12-14H,1-3,8-11H2. The molecule has 3 aromatic rings. The molecule has 168 valence electrons. The molecule has 0 atom stereocenters. The van der Waals surface area contributed by atoms with Gasteiger partial charge < -0.3 is 9.42 Å². The average Bonchev–Trinajstić information content (AvgIpc) is 3.43. The molecule has 8 nitrogen and oxygen atoms in total. The predicted molar refractivity (Wildman–Crippen MR) is 115 cm³/mol. The van der Waals surface area contributed by atoms with Gasteiger partial charge in [0.2, 0.25) is 11.7 Å². The van der Waals surface area contributed by atoms with E-state index in [0.29, 0.717) is 28.8 Å². The van der Waals surface area contributed by atoms with Crippen molar-refractivity contribution < 1.29 is 22.1 Å². The molecule has 1 aromatic carbocycles. The van der Waals surface area contributed by atoms with Crippen molar-refractivity contribution in [1.29, 1.82) is 0 Å². The van der Waals surface area contributed by atoms with Crippen LogP contribution in [0, 0.1) is 5.82 Å². The van der Waals surface area contributed by atoms with E-state index in [1.807, 2.05) is 0 Å². The molecule has 1 amide bonds. The zero-order chi connectivity index (χ0) is 22.3. The molecule has 1 saturated heterocycles. The Morgan fingerprint density at radius 2 is 1.84 bits per heavy atom. The number of benzene rings is 1. The molecule has 5 rings (SSSR count). The SMILES string of the molecule is O=C(c1ccc(F)cc1)N1CCN(S(=O)(=O)c2cc(-c3noc(C4CCC4)n3)cs2)CC1. The highest BCUT2D eigenvalue weighted by molar-refractivity contribution is 7.91. The zero-order valence-electron chi connectivity index (χ0n) is 17.1. The lowest BCUT2D eigenvalue weighted by Crippen LogP contribution is -2.50. The van der Waals surface area contributed by atoms with Crippen molar-refractivity contribution in [3.63, 3.8) is 0 Å². The second-order valence-corrected chi connectivity index (χ2v) is 11.0. The molecule has 0 unspecified atom stereocenters. The fourth-order valence-corrected chi connectivity index (χ4v) is 6.51. The number of hydrogen-bond donors (Lipinski definition) is 0. The summed E-state index contributed by atoms with van der Waals surface area (Å²) >= 11 is 1.12. The Balaban J connectivity index is 1.25. The molecule has 1 saturated carbocycles. The number of rotatable bonds is 5. The molecule has 2 aromatic heterocycles. The van der Waals surface area contributed by atoms with Crippen LogP contribution in [0.4, 0.5) is 4.39 Å². The number of aromatic nitrogens is 2. The molecule has 3 heterocycles. The van der Waals surface area contributed by atoms with Crippen LogP contribution in [0.3, 0.4) is 0 Å². The van der Waals surface area contributed by atoms with Crippen LogP contribution >= 0.6 is 11.3 Å². The molecule has 32 heavy (non-hydrogen) atoms. The lowest BCUT2D eigenvalue weighted by molar-refractivity contribution is 0.0698. The number of sulfonamides is 1. The second kappa shape index (κ2) is 8.38. The minimum atomic E-state index is -3.69. The average molecular weight is 477 g/mol. The maximum absolute atomic E-state index is 13.1. The molecule has 2 aliphatic rings. The van der Waals surface area contributed by atoms with Crippen LogP contribution in [-0.4, -0.2) is 59.8 Å². The first-order chi connectivity index (χ1) is 15.4. The largest absolute Gasteiger partial charge is 0.339 e. The number of carbonyl (C=O) groups is 1. The van der Waals surface area contributed by atoms with E-state index in [1.54, 1.807) is 16.3 Å². The number of piperazine rings is 1. The first-order valence-electron chi connectivity index (χ1n) is 10.4. The Kier molecular flexibility index (Phi) is 5.56. The highest BCUT2D eigenvalue weighted by atomic mass is 32.2. The Hall–Kier alpha value is -2.63. The number of hydrogen-bond acceptors (Lipinski definition) is 7. The Morgan fingerprint density at radius 1 is 1.12 bits per heavy atom. The Labute approximate surface area is 188 Å². The summed E-state index contributed by atoms with van der Waals surface area (Å²) in [6, 6.07) is 6.92. The van der Waals surface area contributed by atoms with E-state index in [4.69, 9.17) is 4.52 Å². The third-order valence-electron chi connectivity index (χ3n) is 5.94. The minimum absolute atomic E-state index is 0.191. The first-order valence-corrected chi connectivity index (χ1v) is 12.7. The summed E-state index contributed by atoms with van der Waals surface area (Å²) < 4.78 is 46.2. The highest BCUT2D eigenvalue weighted by Crippen LogP contribution is 2.37. The molecule has 0 radical (unpaired) electrons. The number of nitrogens with zero attached hydrogens (tertiary/aromatic N) is 4. The minimum Gasteiger partial charge on any atom is -0.339 e. The van der Waals surface area contributed by atoms with Crippen LogP contribution in [0.5, 0.6) is 0 Å². The number of thiophene rings is 1. The highest BCUT2D eigenvalue weighted by Gasteiger charge is 2.32. The molecule has 0 N–H and O–H groups in total. The van der Waals surface area contributed by atoms with Crippen molar-refractivity contribution in [3.05, 3.63) is 53.0 Å². The van der Waals surface area contributed by atoms with Gasteiger partial charge in [0.1, 0.15) is 10.0 Å². The van der Waals surface area contributed by atoms with Gasteiger partial charge in [-0.2, -0.15) is 9.29 Å². The molecular weight excluding hydrogens is 455 g/mol. The third kappa shape index (κ3) is 3.96. The van der Waals surface area contributed by atoms with Crippen molar-refractivity contribution in [2.45, 2.75) is 29.4 Å². The summed E-state index contributed by atoms with van der Waals surface area (Å²) in [4.78, 5) is 18.6. The van der Waals surface area contributed by atoms with Crippen LogP contribution in [-0.2, 0) is 10.0 Å². The van der Waals surface area contributed by atoms with E-state index in [1.165, 1.54) is 28.6 Å². The van der Waals surface area contributed by atoms with Gasteiger partial charge in [0.15, 0.2) is 0 Å². The van der Waals surface area contributed by atoms with Crippen LogP contribution in [0.15, 0.2) is 44.4 Å². The quantitative estimate of drug-likeness (QED) is 0.560. The van der Waals surface area contributed by atoms with Gasteiger partial charge >= 0.3 is 0 Å². The maximum Gasteiger partial charge on any atom is 0.253 e. The fraction of sp³-hybridized carbons (Fsp3) is 0.381. The van der Waals surface area contributed by atoms with E-state index in [-0.39, 0.29) is 36.3 Å². The second-order valence-electron chi connectivity index (χ2n) is 7.94. The van der Waals surface area contributed by atoms with Crippen molar-refractivity contribution >= 4 is 27.3 Å². The molecule has 1 aliphatic heterocycles. The number of amides is 1. The molecular formula is C21H21FN4O4S2. The van der Waals surface area contributed by atoms with Gasteiger partial charge in [-0.15, -0.1) is 11.3 Å². The number of carbonyl (C=O) groups excluding carboxylic acids is 1. The van der Waals surface area contributed by atoms with Gasteiger partial charge in [0, 0.05) is 48.6 Å². The summed E-state index contributed by atoms with van der Waals surface area (Å²) in [5.41, 5.74) is 1.00. The lowest BCUT2D eigenvalue weighted by Gasteiger charge is -2.33. The number of halogens is 1. The first kappa shape index (κ1) is 21.2. The lowest BCUT2D eigenvalue weighted by atomic mass is 9.85. The van der Waals surface area contributed by atoms with E-state index in [9.17, 15) is 17.6 Å². The van der Waals surface area contributed by atoms with Crippen molar-refractivity contribution in [3.8, 4) is 11.4 Å². The molecule has 0 spiro atoms. The summed E-state index contributed by atoms with van der Waals surface area (Å²) in [6.07, 6.45) is 3.24. The van der Waals surface area contributed by atoms with Gasteiger partial charge in [-0.25, -0.2) is 12.8 Å². The van der Waals surface area contributed by atoms with Gasteiger partial charge in [0.25, 0.3) is 15.9 Å². The zero-order valence-corrected chi connectivity index (χ0v) is 18.7. The molecule has 11 heteroatoms. The molecule has 0 bridgehead atoms. The van der Waals surface area contributed by atoms with Crippen LogP contribution in [0.2, 0.25) is 0 Å². The van der Waals surface area contributed by atoms with Crippen molar-refractivity contribution in [1.82, 2.24) is 19.3 Å². The fourth-order valence-electron chi connectivity index (χ4n) is 3.78. The van der Waals surface area contributed by atoms with E-state index in [0.717, 1.165) is 30.6 Å². The van der Waals surface area contributed by atoms with Crippen molar-refractivity contribution in [2.24, 2.45) is 0 Å². The van der Waals surface area contributed by atoms with Gasteiger partial charge in [-0.1, -0.05) is 11.6 Å². The summed E-state index contributed by atoms with van der Waals surface area (Å²) in [5.74, 6) is 0.683. The molecule has 2 fully saturated rings. The van der Waals surface area contributed by atoms with Gasteiger partial charge in [-0.3, -0.25) is 4.79 Å². The van der Waals surface area contributed by atoms with Crippen LogP contribution in [0.1, 0.15) is 41.4 Å². The van der Waals surface area contributed by atoms with Crippen LogP contribution in [0.25, 0.3) is 11.4 Å². The van der Waals surface area contributed by atoms with Gasteiger partial charge in [0.05, 0.1) is 0 Å².